The average Bonchev–Trinajstić information content (AvgIpc) is 2.90. The van der Waals surface area contributed by atoms with Gasteiger partial charge in [0.2, 0.25) is 0 Å². The molecule has 1 aromatic carbocycles. The van der Waals surface area contributed by atoms with E-state index in [1.165, 1.54) is 0 Å². The number of likely N-dealkylation sites (N-methyl/N-ethyl adjacent to an activating group) is 1. The molecule has 22 heavy (non-hydrogen) atoms. The molecule has 0 aliphatic carbocycles. The van der Waals surface area contributed by atoms with Crippen molar-refractivity contribution in [1.82, 2.24) is 10.1 Å². The van der Waals surface area contributed by atoms with Crippen molar-refractivity contribution in [2.75, 3.05) is 20.2 Å². The fourth-order valence-corrected chi connectivity index (χ4v) is 2.06. The molecular formula is C16H19N3O3. The number of benzene rings is 1. The first kappa shape index (κ1) is 16.0. The maximum Gasteiger partial charge on any atom is 0.133 e. The topological polar surface area (TPSA) is 82.5 Å². The van der Waals surface area contributed by atoms with Crippen LogP contribution in [0, 0.1) is 18.3 Å². The number of aliphatic hydroxyl groups is 1. The largest absolute Gasteiger partial charge is 0.491 e. The molecule has 0 aliphatic rings. The highest BCUT2D eigenvalue weighted by atomic mass is 16.5. The van der Waals surface area contributed by atoms with E-state index in [4.69, 9.17) is 14.5 Å². The first-order valence-electron chi connectivity index (χ1n) is 6.98. The molecule has 1 atom stereocenters. The summed E-state index contributed by atoms with van der Waals surface area (Å²) in [5.74, 6) is 1.40. The first-order valence-corrected chi connectivity index (χ1v) is 6.98. The normalized spacial score (nSPS) is 12.1. The molecule has 6 nitrogen and oxygen atoms in total. The lowest BCUT2D eigenvalue weighted by Gasteiger charge is -2.19. The highest BCUT2D eigenvalue weighted by molar-refractivity contribution is 5.34. The summed E-state index contributed by atoms with van der Waals surface area (Å²) in [5.41, 5.74) is 1.41. The van der Waals surface area contributed by atoms with Gasteiger partial charge in [0.15, 0.2) is 0 Å². The molecule has 1 aromatic heterocycles. The van der Waals surface area contributed by atoms with Gasteiger partial charge in [-0.15, -0.1) is 0 Å². The van der Waals surface area contributed by atoms with Crippen LogP contribution in [0.1, 0.15) is 17.0 Å². The number of hydrogen-bond donors (Lipinski definition) is 1. The minimum atomic E-state index is -0.617. The Bertz CT molecular complexity index is 631. The molecule has 0 amide bonds. The molecule has 0 saturated carbocycles. The van der Waals surface area contributed by atoms with Gasteiger partial charge < -0.3 is 14.4 Å². The molecular weight excluding hydrogens is 282 g/mol. The molecule has 0 radical (unpaired) electrons. The summed E-state index contributed by atoms with van der Waals surface area (Å²) in [6.07, 6.45) is -0.617. The molecule has 0 unspecified atom stereocenters. The van der Waals surface area contributed by atoms with E-state index in [9.17, 15) is 5.11 Å². The number of nitrogens with zero attached hydrogens (tertiary/aromatic N) is 3. The van der Waals surface area contributed by atoms with Crippen molar-refractivity contribution in [2.24, 2.45) is 0 Å². The van der Waals surface area contributed by atoms with Crippen molar-refractivity contribution < 1.29 is 14.4 Å². The van der Waals surface area contributed by atoms with Crippen molar-refractivity contribution in [3.8, 4) is 11.8 Å². The quantitative estimate of drug-likeness (QED) is 0.838. The van der Waals surface area contributed by atoms with E-state index < -0.39 is 6.10 Å². The monoisotopic (exact) mass is 301 g/mol. The van der Waals surface area contributed by atoms with E-state index >= 15 is 0 Å². The summed E-state index contributed by atoms with van der Waals surface area (Å²) in [4.78, 5) is 1.95. The second-order valence-electron chi connectivity index (χ2n) is 5.23. The molecule has 0 spiro atoms. The standard InChI is InChI=1S/C16H19N3O3/c1-12-7-14(18-22-12)9-19(2)10-15(20)11-21-16-5-3-13(8-17)4-6-16/h3-7,15,20H,9-11H2,1-2H3/t15-/m1/s1. The molecule has 0 fully saturated rings. The van der Waals surface area contributed by atoms with Crippen LogP contribution in [0.15, 0.2) is 34.9 Å². The van der Waals surface area contributed by atoms with Gasteiger partial charge in [-0.3, -0.25) is 4.90 Å². The van der Waals surface area contributed by atoms with Crippen molar-refractivity contribution in [3.63, 3.8) is 0 Å². The van der Waals surface area contributed by atoms with Crippen molar-refractivity contribution in [2.45, 2.75) is 19.6 Å². The number of nitriles is 1. The SMILES string of the molecule is Cc1cc(CN(C)C[C@@H](O)COc2ccc(C#N)cc2)no1. The Balaban J connectivity index is 1.74. The van der Waals surface area contributed by atoms with Crippen LogP contribution in [-0.4, -0.2) is 41.5 Å². The molecule has 0 bridgehead atoms. The lowest BCUT2D eigenvalue weighted by atomic mass is 10.2. The predicted octanol–water partition coefficient (Wildman–Crippen LogP) is 1.73. The predicted molar refractivity (Wildman–Crippen MR) is 80.2 cm³/mol. The maximum atomic E-state index is 10.0. The van der Waals surface area contributed by atoms with Crippen LogP contribution in [0.2, 0.25) is 0 Å². The molecule has 1 N–H and O–H groups in total. The third kappa shape index (κ3) is 4.88. The molecule has 1 heterocycles. The molecule has 116 valence electrons. The number of rotatable bonds is 7. The van der Waals surface area contributed by atoms with Gasteiger partial charge >= 0.3 is 0 Å². The zero-order valence-corrected chi connectivity index (χ0v) is 12.7. The Morgan fingerprint density at radius 3 is 2.73 bits per heavy atom. The van der Waals surface area contributed by atoms with E-state index in [-0.39, 0.29) is 6.61 Å². The summed E-state index contributed by atoms with van der Waals surface area (Å²) >= 11 is 0. The fourth-order valence-electron chi connectivity index (χ4n) is 2.06. The van der Waals surface area contributed by atoms with E-state index in [0.717, 1.165) is 11.5 Å². The van der Waals surface area contributed by atoms with Crippen LogP contribution < -0.4 is 4.74 Å². The Kier molecular flexibility index (Phi) is 5.53. The zero-order chi connectivity index (χ0) is 15.9. The number of hydrogen-bond acceptors (Lipinski definition) is 6. The van der Waals surface area contributed by atoms with Gasteiger partial charge in [0, 0.05) is 19.2 Å². The summed E-state index contributed by atoms with van der Waals surface area (Å²) in [6, 6.07) is 10.7. The van der Waals surface area contributed by atoms with Gasteiger partial charge in [0.25, 0.3) is 0 Å². The van der Waals surface area contributed by atoms with Gasteiger partial charge in [0.1, 0.15) is 24.2 Å². The molecule has 0 saturated heterocycles. The summed E-state index contributed by atoms with van der Waals surface area (Å²) < 4.78 is 10.5. The fraction of sp³-hybridized carbons (Fsp3) is 0.375. The van der Waals surface area contributed by atoms with Crippen LogP contribution in [0.5, 0.6) is 5.75 Å². The molecule has 2 rings (SSSR count). The van der Waals surface area contributed by atoms with Crippen molar-refractivity contribution in [1.29, 1.82) is 5.26 Å². The number of ether oxygens (including phenoxy) is 1. The van der Waals surface area contributed by atoms with Gasteiger partial charge in [-0.2, -0.15) is 5.26 Å². The smallest absolute Gasteiger partial charge is 0.133 e. The highest BCUT2D eigenvalue weighted by Crippen LogP contribution is 2.12. The summed E-state index contributed by atoms with van der Waals surface area (Å²) in [7, 11) is 1.90. The Morgan fingerprint density at radius 1 is 1.41 bits per heavy atom. The van der Waals surface area contributed by atoms with Crippen molar-refractivity contribution in [3.05, 3.63) is 47.3 Å². The van der Waals surface area contributed by atoms with Gasteiger partial charge in [-0.05, 0) is 38.2 Å². The lowest BCUT2D eigenvalue weighted by Crippen LogP contribution is -2.32. The zero-order valence-electron chi connectivity index (χ0n) is 12.7. The maximum absolute atomic E-state index is 10.0. The summed E-state index contributed by atoms with van der Waals surface area (Å²) in [5, 5.41) is 22.6. The van der Waals surface area contributed by atoms with E-state index in [0.29, 0.717) is 24.4 Å². The first-order chi connectivity index (χ1) is 10.6. The molecule has 0 aliphatic heterocycles. The second-order valence-corrected chi connectivity index (χ2v) is 5.23. The summed E-state index contributed by atoms with van der Waals surface area (Å²) in [6.45, 7) is 3.10. The minimum absolute atomic E-state index is 0.189. The van der Waals surface area contributed by atoms with Gasteiger partial charge in [-0.1, -0.05) is 5.16 Å². The average molecular weight is 301 g/mol. The number of aryl methyl sites for hydroxylation is 1. The third-order valence-electron chi connectivity index (χ3n) is 3.06. The third-order valence-corrected chi connectivity index (χ3v) is 3.06. The van der Waals surface area contributed by atoms with E-state index in [1.54, 1.807) is 24.3 Å². The van der Waals surface area contributed by atoms with Crippen LogP contribution in [-0.2, 0) is 6.54 Å². The van der Waals surface area contributed by atoms with Crippen LogP contribution in [0.4, 0.5) is 0 Å². The number of aliphatic hydroxyl groups excluding tert-OH is 1. The Morgan fingerprint density at radius 2 is 2.14 bits per heavy atom. The van der Waals surface area contributed by atoms with Gasteiger partial charge in [0.05, 0.1) is 17.3 Å². The lowest BCUT2D eigenvalue weighted by molar-refractivity contribution is 0.0737. The number of aromatic nitrogens is 1. The highest BCUT2D eigenvalue weighted by Gasteiger charge is 2.11. The van der Waals surface area contributed by atoms with Crippen molar-refractivity contribution >= 4 is 0 Å². The van der Waals surface area contributed by atoms with Crippen LogP contribution in [0.25, 0.3) is 0 Å². The van der Waals surface area contributed by atoms with Gasteiger partial charge in [-0.25, -0.2) is 0 Å². The van der Waals surface area contributed by atoms with E-state index in [1.807, 2.05) is 31.0 Å². The Hall–Kier alpha value is -2.36. The van der Waals surface area contributed by atoms with Crippen LogP contribution in [0.3, 0.4) is 0 Å². The van der Waals surface area contributed by atoms with Crippen LogP contribution >= 0.6 is 0 Å². The minimum Gasteiger partial charge on any atom is -0.491 e. The van der Waals surface area contributed by atoms with E-state index in [2.05, 4.69) is 5.16 Å². The molecule has 2 aromatic rings. The second kappa shape index (κ2) is 7.59. The Labute approximate surface area is 129 Å². The molecule has 6 heteroatoms.